The van der Waals surface area contributed by atoms with Crippen LogP contribution in [0.2, 0.25) is 0 Å². The molecule has 68 valence electrons. The summed E-state index contributed by atoms with van der Waals surface area (Å²) in [7, 11) is 0. The summed E-state index contributed by atoms with van der Waals surface area (Å²) in [5.74, 6) is -0.965. The molecule has 0 aliphatic carbocycles. The van der Waals surface area contributed by atoms with Gasteiger partial charge < -0.3 is 10.8 Å². The molecule has 0 saturated carbocycles. The summed E-state index contributed by atoms with van der Waals surface area (Å²) < 4.78 is 0.764. The fraction of sp³-hybridized carbons (Fsp3) is 0. The standard InChI is InChI=1S/C9H8BrNO2/c10-7-5-6(1-3-8(7)11)2-4-9(12)13/h1-5H,11H2,(H,12,13)/b4-2+. The number of carbonyl (C=O) groups is 1. The van der Waals surface area contributed by atoms with Gasteiger partial charge in [-0.15, -0.1) is 0 Å². The van der Waals surface area contributed by atoms with Gasteiger partial charge in [-0.3, -0.25) is 0 Å². The zero-order chi connectivity index (χ0) is 9.84. The molecule has 0 atom stereocenters. The first kappa shape index (κ1) is 9.80. The second kappa shape index (κ2) is 4.09. The molecule has 0 heterocycles. The van der Waals surface area contributed by atoms with E-state index in [2.05, 4.69) is 15.9 Å². The normalized spacial score (nSPS) is 10.5. The van der Waals surface area contributed by atoms with E-state index in [1.54, 1.807) is 18.2 Å². The fourth-order valence-electron chi connectivity index (χ4n) is 0.815. The average Bonchev–Trinajstić information content (AvgIpc) is 2.07. The zero-order valence-electron chi connectivity index (χ0n) is 6.70. The molecule has 0 fully saturated rings. The first-order valence-electron chi connectivity index (χ1n) is 3.55. The van der Waals surface area contributed by atoms with Crippen LogP contribution in [-0.4, -0.2) is 11.1 Å². The molecule has 0 aliphatic heterocycles. The lowest BCUT2D eigenvalue weighted by atomic mass is 10.2. The molecule has 3 nitrogen and oxygen atoms in total. The maximum absolute atomic E-state index is 10.2. The van der Waals surface area contributed by atoms with Crippen molar-refractivity contribution >= 4 is 33.7 Å². The van der Waals surface area contributed by atoms with E-state index in [-0.39, 0.29) is 0 Å². The molecule has 0 aliphatic rings. The van der Waals surface area contributed by atoms with Crippen LogP contribution in [0.1, 0.15) is 5.56 Å². The second-order valence-electron chi connectivity index (χ2n) is 2.45. The van der Waals surface area contributed by atoms with Crippen LogP contribution in [0.15, 0.2) is 28.7 Å². The zero-order valence-corrected chi connectivity index (χ0v) is 8.28. The molecule has 1 rings (SSSR count). The van der Waals surface area contributed by atoms with Crippen LogP contribution in [0.3, 0.4) is 0 Å². The highest BCUT2D eigenvalue weighted by Gasteiger charge is 1.95. The van der Waals surface area contributed by atoms with Crippen LogP contribution in [0, 0.1) is 0 Å². The molecule has 13 heavy (non-hydrogen) atoms. The first-order valence-corrected chi connectivity index (χ1v) is 4.35. The molecule has 0 bridgehead atoms. The highest BCUT2D eigenvalue weighted by atomic mass is 79.9. The smallest absolute Gasteiger partial charge is 0.328 e. The van der Waals surface area contributed by atoms with Crippen molar-refractivity contribution in [2.24, 2.45) is 0 Å². The summed E-state index contributed by atoms with van der Waals surface area (Å²) in [6.07, 6.45) is 2.59. The van der Waals surface area contributed by atoms with Gasteiger partial charge in [0.15, 0.2) is 0 Å². The van der Waals surface area contributed by atoms with E-state index in [0.29, 0.717) is 5.69 Å². The number of rotatable bonds is 2. The number of anilines is 1. The van der Waals surface area contributed by atoms with Crippen LogP contribution in [0.5, 0.6) is 0 Å². The fourth-order valence-corrected chi connectivity index (χ4v) is 1.21. The van der Waals surface area contributed by atoms with Crippen LogP contribution in [-0.2, 0) is 4.79 Å². The number of hydrogen-bond donors (Lipinski definition) is 2. The van der Waals surface area contributed by atoms with Crippen LogP contribution in [0.4, 0.5) is 5.69 Å². The Bertz CT molecular complexity index is 361. The van der Waals surface area contributed by atoms with Gasteiger partial charge in [-0.25, -0.2) is 4.79 Å². The number of carboxylic acid groups (broad SMARTS) is 1. The van der Waals surface area contributed by atoms with E-state index < -0.39 is 5.97 Å². The van der Waals surface area contributed by atoms with Gasteiger partial charge in [-0.05, 0) is 39.7 Å². The molecule has 0 unspecified atom stereocenters. The highest BCUT2D eigenvalue weighted by Crippen LogP contribution is 2.20. The second-order valence-corrected chi connectivity index (χ2v) is 3.31. The molecule has 0 spiro atoms. The lowest BCUT2D eigenvalue weighted by molar-refractivity contribution is -0.131. The molecule has 0 amide bonds. The van der Waals surface area contributed by atoms with Gasteiger partial charge in [0.05, 0.1) is 0 Å². The Morgan fingerprint density at radius 1 is 1.54 bits per heavy atom. The third kappa shape index (κ3) is 2.91. The van der Waals surface area contributed by atoms with Crippen molar-refractivity contribution in [3.05, 3.63) is 34.3 Å². The van der Waals surface area contributed by atoms with E-state index in [0.717, 1.165) is 16.1 Å². The van der Waals surface area contributed by atoms with Gasteiger partial charge in [-0.2, -0.15) is 0 Å². The van der Waals surface area contributed by atoms with E-state index >= 15 is 0 Å². The molecule has 0 radical (unpaired) electrons. The van der Waals surface area contributed by atoms with Crippen molar-refractivity contribution in [3.63, 3.8) is 0 Å². The minimum atomic E-state index is -0.965. The molecule has 4 heteroatoms. The van der Waals surface area contributed by atoms with E-state index in [9.17, 15) is 4.79 Å². The van der Waals surface area contributed by atoms with E-state index in [1.807, 2.05) is 0 Å². The molecule has 3 N–H and O–H groups in total. The number of hydrogen-bond acceptors (Lipinski definition) is 2. The maximum Gasteiger partial charge on any atom is 0.328 e. The Hall–Kier alpha value is -1.29. The highest BCUT2D eigenvalue weighted by molar-refractivity contribution is 9.10. The number of nitrogens with two attached hydrogens (primary N) is 1. The summed E-state index contributed by atoms with van der Waals surface area (Å²) in [6.45, 7) is 0. The molecule has 0 saturated heterocycles. The van der Waals surface area contributed by atoms with Gasteiger partial charge in [0, 0.05) is 16.2 Å². The van der Waals surface area contributed by atoms with Crippen molar-refractivity contribution in [3.8, 4) is 0 Å². The number of aliphatic carboxylic acids is 1. The first-order chi connectivity index (χ1) is 6.09. The van der Waals surface area contributed by atoms with Crippen LogP contribution >= 0.6 is 15.9 Å². The van der Waals surface area contributed by atoms with Crippen molar-refractivity contribution in [1.82, 2.24) is 0 Å². The quantitative estimate of drug-likeness (QED) is 0.616. The summed E-state index contributed by atoms with van der Waals surface area (Å²) in [5, 5.41) is 8.38. The predicted octanol–water partition coefficient (Wildman–Crippen LogP) is 2.13. The summed E-state index contributed by atoms with van der Waals surface area (Å²) in [6, 6.07) is 5.22. The number of carboxylic acids is 1. The molecular weight excluding hydrogens is 234 g/mol. The third-order valence-corrected chi connectivity index (χ3v) is 2.13. The minimum Gasteiger partial charge on any atom is -0.478 e. The molecule has 0 aromatic heterocycles. The Balaban J connectivity index is 2.92. The van der Waals surface area contributed by atoms with E-state index in [4.69, 9.17) is 10.8 Å². The van der Waals surface area contributed by atoms with Crippen LogP contribution < -0.4 is 5.73 Å². The molecule has 1 aromatic rings. The van der Waals surface area contributed by atoms with Gasteiger partial charge in [0.1, 0.15) is 0 Å². The predicted molar refractivity (Wildman–Crippen MR) is 55.2 cm³/mol. The van der Waals surface area contributed by atoms with Gasteiger partial charge in [0.25, 0.3) is 0 Å². The Labute approximate surface area is 84.0 Å². The van der Waals surface area contributed by atoms with Gasteiger partial charge in [-0.1, -0.05) is 6.07 Å². The average molecular weight is 242 g/mol. The van der Waals surface area contributed by atoms with Gasteiger partial charge in [0.2, 0.25) is 0 Å². The topological polar surface area (TPSA) is 63.3 Å². The lowest BCUT2D eigenvalue weighted by Crippen LogP contribution is -1.88. The summed E-state index contributed by atoms with van der Waals surface area (Å²) >= 11 is 3.25. The Morgan fingerprint density at radius 2 is 2.23 bits per heavy atom. The van der Waals surface area contributed by atoms with Crippen molar-refractivity contribution < 1.29 is 9.90 Å². The van der Waals surface area contributed by atoms with Crippen LogP contribution in [0.25, 0.3) is 6.08 Å². The minimum absolute atomic E-state index is 0.632. The number of benzene rings is 1. The lowest BCUT2D eigenvalue weighted by Gasteiger charge is -1.98. The SMILES string of the molecule is Nc1ccc(/C=C/C(=O)O)cc1Br. The molecule has 1 aromatic carbocycles. The maximum atomic E-state index is 10.2. The number of halogens is 1. The summed E-state index contributed by atoms with van der Waals surface area (Å²) in [4.78, 5) is 10.2. The monoisotopic (exact) mass is 241 g/mol. The van der Waals surface area contributed by atoms with Gasteiger partial charge >= 0.3 is 5.97 Å². The number of nitrogen functional groups attached to an aromatic ring is 1. The van der Waals surface area contributed by atoms with E-state index in [1.165, 1.54) is 6.08 Å². The summed E-state index contributed by atoms with van der Waals surface area (Å²) in [5.41, 5.74) is 6.98. The van der Waals surface area contributed by atoms with Crippen molar-refractivity contribution in [1.29, 1.82) is 0 Å². The van der Waals surface area contributed by atoms with Crippen molar-refractivity contribution in [2.45, 2.75) is 0 Å². The largest absolute Gasteiger partial charge is 0.478 e. The Morgan fingerprint density at radius 3 is 2.77 bits per heavy atom. The molecular formula is C9H8BrNO2. The van der Waals surface area contributed by atoms with Crippen molar-refractivity contribution in [2.75, 3.05) is 5.73 Å². The Kier molecular flexibility index (Phi) is 3.08. The third-order valence-electron chi connectivity index (χ3n) is 1.44.